The second-order valence-electron chi connectivity index (χ2n) is 7.93. The van der Waals surface area contributed by atoms with Gasteiger partial charge in [0.25, 0.3) is 5.56 Å². The number of ether oxygens (including phenoxy) is 2. The Kier molecular flexibility index (Phi) is 4.86. The lowest BCUT2D eigenvalue weighted by Gasteiger charge is -2.50. The second-order valence-corrected chi connectivity index (χ2v) is 7.93. The predicted octanol–water partition coefficient (Wildman–Crippen LogP) is 0.966. The molecule has 8 heteroatoms. The summed E-state index contributed by atoms with van der Waals surface area (Å²) in [4.78, 5) is 25.9. The van der Waals surface area contributed by atoms with Crippen LogP contribution in [-0.2, 0) is 22.5 Å². The molecule has 3 heterocycles. The Labute approximate surface area is 177 Å². The van der Waals surface area contributed by atoms with Crippen molar-refractivity contribution in [2.24, 2.45) is 0 Å². The number of aliphatic hydroxyl groups is 2. The molecule has 8 nitrogen and oxygen atoms in total. The number of hydrogen-bond acceptors (Lipinski definition) is 6. The van der Waals surface area contributed by atoms with Crippen molar-refractivity contribution < 1.29 is 19.7 Å². The fraction of sp³-hybridized carbons (Fsp3) is 0.304. The molecular formula is C23H22N2O6. The normalized spacial score (nSPS) is 27.7. The van der Waals surface area contributed by atoms with Gasteiger partial charge in [0, 0.05) is 18.7 Å². The average Bonchev–Trinajstić information content (AvgIpc) is 2.79. The maximum Gasteiger partial charge on any atom is 0.330 e. The smallest absolute Gasteiger partial charge is 0.330 e. The molecule has 0 aliphatic carbocycles. The lowest BCUT2D eigenvalue weighted by atomic mass is 9.76. The predicted molar refractivity (Wildman–Crippen MR) is 111 cm³/mol. The van der Waals surface area contributed by atoms with Gasteiger partial charge in [0.1, 0.15) is 17.8 Å². The van der Waals surface area contributed by atoms with Crippen molar-refractivity contribution in [3.8, 4) is 11.1 Å². The highest BCUT2D eigenvalue weighted by Crippen LogP contribution is 2.43. The van der Waals surface area contributed by atoms with Crippen LogP contribution in [0.5, 0.6) is 0 Å². The topological polar surface area (TPSA) is 114 Å². The molecule has 31 heavy (non-hydrogen) atoms. The first-order valence-corrected chi connectivity index (χ1v) is 10.1. The van der Waals surface area contributed by atoms with E-state index in [0.717, 1.165) is 26.8 Å². The van der Waals surface area contributed by atoms with Crippen LogP contribution in [0.15, 0.2) is 70.4 Å². The van der Waals surface area contributed by atoms with Crippen LogP contribution >= 0.6 is 0 Å². The van der Waals surface area contributed by atoms with Crippen LogP contribution in [0.3, 0.4) is 0 Å². The Balaban J connectivity index is 1.57. The number of aliphatic hydroxyl groups excluding tert-OH is 2. The fourth-order valence-corrected chi connectivity index (χ4v) is 4.53. The molecule has 0 bridgehead atoms. The minimum Gasteiger partial charge on any atom is -0.388 e. The highest BCUT2D eigenvalue weighted by Gasteiger charge is 2.55. The average molecular weight is 422 g/mol. The third-order valence-electron chi connectivity index (χ3n) is 6.19. The summed E-state index contributed by atoms with van der Waals surface area (Å²) >= 11 is 0. The number of rotatable bonds is 2. The zero-order chi connectivity index (χ0) is 21.6. The molecule has 160 valence electrons. The van der Waals surface area contributed by atoms with Gasteiger partial charge in [0.15, 0.2) is 6.23 Å². The number of fused-ring (bicyclic) bond motifs is 1. The van der Waals surface area contributed by atoms with Crippen LogP contribution in [-0.4, -0.2) is 44.2 Å². The van der Waals surface area contributed by atoms with Crippen molar-refractivity contribution in [1.82, 2.24) is 9.55 Å². The number of aromatic amines is 1. The summed E-state index contributed by atoms with van der Waals surface area (Å²) in [5.74, 6) is 0. The lowest BCUT2D eigenvalue weighted by Crippen LogP contribution is -2.65. The molecule has 0 amide bonds. The summed E-state index contributed by atoms with van der Waals surface area (Å²) in [6, 6.07) is 17.0. The summed E-state index contributed by atoms with van der Waals surface area (Å²) in [5.41, 5.74) is 1.38. The van der Waals surface area contributed by atoms with Gasteiger partial charge in [-0.1, -0.05) is 48.5 Å². The maximum absolute atomic E-state index is 12.3. The van der Waals surface area contributed by atoms with E-state index in [1.807, 2.05) is 48.5 Å². The molecule has 0 saturated carbocycles. The molecule has 5 rings (SSSR count). The summed E-state index contributed by atoms with van der Waals surface area (Å²) in [5, 5.41) is 22.2. The minimum atomic E-state index is -1.36. The Morgan fingerprint density at radius 2 is 1.84 bits per heavy atom. The summed E-state index contributed by atoms with van der Waals surface area (Å²) in [7, 11) is 0. The Hall–Kier alpha value is -3.04. The highest BCUT2D eigenvalue weighted by atomic mass is 16.6. The van der Waals surface area contributed by atoms with E-state index in [4.69, 9.17) is 9.47 Å². The number of hydrogen-bond donors (Lipinski definition) is 3. The molecule has 1 fully saturated rings. The van der Waals surface area contributed by atoms with Crippen molar-refractivity contribution in [1.29, 1.82) is 0 Å². The SMILES string of the molecule is O=c1ccn([C@@H]2OC[C@@H](O)[C@]3(Cc4c(cccc4-c4ccccc4)CO3)[C@H]2O)c(=O)[nH]1. The Bertz CT molecular complexity index is 1220. The quantitative estimate of drug-likeness (QED) is 0.567. The van der Waals surface area contributed by atoms with E-state index in [1.165, 1.54) is 12.3 Å². The van der Waals surface area contributed by atoms with Crippen LogP contribution in [0.4, 0.5) is 0 Å². The third-order valence-corrected chi connectivity index (χ3v) is 6.19. The summed E-state index contributed by atoms with van der Waals surface area (Å²) in [6.07, 6.45) is -2.05. The van der Waals surface area contributed by atoms with Crippen molar-refractivity contribution in [3.63, 3.8) is 0 Å². The van der Waals surface area contributed by atoms with E-state index in [1.54, 1.807) is 0 Å². The highest BCUT2D eigenvalue weighted by molar-refractivity contribution is 5.69. The maximum atomic E-state index is 12.3. The van der Waals surface area contributed by atoms with E-state index in [2.05, 4.69) is 4.98 Å². The first kappa shape index (κ1) is 19.9. The van der Waals surface area contributed by atoms with E-state index in [0.29, 0.717) is 0 Å². The Morgan fingerprint density at radius 3 is 2.61 bits per heavy atom. The number of aromatic nitrogens is 2. The summed E-state index contributed by atoms with van der Waals surface area (Å²) in [6.45, 7) is 0.0769. The van der Waals surface area contributed by atoms with Crippen molar-refractivity contribution in [2.75, 3.05) is 6.61 Å². The van der Waals surface area contributed by atoms with Gasteiger partial charge >= 0.3 is 5.69 Å². The minimum absolute atomic E-state index is 0.129. The number of nitrogens with one attached hydrogen (secondary N) is 1. The molecular weight excluding hydrogens is 400 g/mol. The third kappa shape index (κ3) is 3.24. The second kappa shape index (κ2) is 7.58. The molecule has 1 aromatic heterocycles. The molecule has 3 aromatic rings. The van der Waals surface area contributed by atoms with Crippen LogP contribution in [0.2, 0.25) is 0 Å². The molecule has 4 atom stereocenters. The first-order chi connectivity index (χ1) is 15.0. The van der Waals surface area contributed by atoms with Crippen molar-refractivity contribution in [2.45, 2.75) is 37.1 Å². The molecule has 0 unspecified atom stereocenters. The number of nitrogens with zero attached hydrogens (tertiary/aromatic N) is 1. The molecule has 1 saturated heterocycles. The zero-order valence-corrected chi connectivity index (χ0v) is 16.6. The first-order valence-electron chi connectivity index (χ1n) is 10.1. The van der Waals surface area contributed by atoms with Gasteiger partial charge in [-0.3, -0.25) is 14.3 Å². The van der Waals surface area contributed by atoms with E-state index in [9.17, 15) is 19.8 Å². The number of H-pyrrole nitrogens is 1. The Morgan fingerprint density at radius 1 is 1.03 bits per heavy atom. The van der Waals surface area contributed by atoms with Gasteiger partial charge in [0.2, 0.25) is 0 Å². The van der Waals surface area contributed by atoms with E-state index in [-0.39, 0.29) is 19.6 Å². The molecule has 3 N–H and O–H groups in total. The van der Waals surface area contributed by atoms with Gasteiger partial charge in [0.05, 0.1) is 13.2 Å². The molecule has 2 aliphatic heterocycles. The molecule has 2 aromatic carbocycles. The molecule has 2 aliphatic rings. The fourth-order valence-electron chi connectivity index (χ4n) is 4.53. The number of benzene rings is 2. The van der Waals surface area contributed by atoms with Gasteiger partial charge in [-0.15, -0.1) is 0 Å². The van der Waals surface area contributed by atoms with Gasteiger partial charge in [-0.25, -0.2) is 4.79 Å². The van der Waals surface area contributed by atoms with Gasteiger partial charge < -0.3 is 19.7 Å². The standard InChI is InChI=1S/C23H22N2O6/c26-18-13-30-21(25-10-9-19(27)24-22(25)29)20(28)23(18)11-17-15(12-31-23)7-4-8-16(17)14-5-2-1-3-6-14/h1-10,18,20-21,26,28H,11-13H2,(H,24,27,29)/t18-,20+,21-,23-/m1/s1. The van der Waals surface area contributed by atoms with Crippen LogP contribution in [0.25, 0.3) is 11.1 Å². The zero-order valence-electron chi connectivity index (χ0n) is 16.6. The van der Waals surface area contributed by atoms with Crippen LogP contribution in [0, 0.1) is 0 Å². The largest absolute Gasteiger partial charge is 0.388 e. The van der Waals surface area contributed by atoms with Crippen LogP contribution < -0.4 is 11.2 Å². The lowest BCUT2D eigenvalue weighted by molar-refractivity contribution is -0.284. The molecule has 1 spiro atoms. The van der Waals surface area contributed by atoms with Crippen molar-refractivity contribution in [3.05, 3.63) is 92.8 Å². The van der Waals surface area contributed by atoms with E-state index < -0.39 is 35.3 Å². The molecule has 0 radical (unpaired) electrons. The van der Waals surface area contributed by atoms with Gasteiger partial charge in [-0.2, -0.15) is 0 Å². The van der Waals surface area contributed by atoms with Crippen molar-refractivity contribution >= 4 is 0 Å². The monoisotopic (exact) mass is 422 g/mol. The van der Waals surface area contributed by atoms with Crippen LogP contribution in [0.1, 0.15) is 17.4 Å². The summed E-state index contributed by atoms with van der Waals surface area (Å²) < 4.78 is 12.8. The van der Waals surface area contributed by atoms with E-state index >= 15 is 0 Å². The van der Waals surface area contributed by atoms with Gasteiger partial charge in [-0.05, 0) is 22.3 Å².